The molecule has 2 nitrogen and oxygen atoms in total. The highest BCUT2D eigenvalue weighted by molar-refractivity contribution is 6.07. The van der Waals surface area contributed by atoms with Crippen LogP contribution < -0.4 is 0 Å². The predicted molar refractivity (Wildman–Crippen MR) is 112 cm³/mol. The molecule has 0 saturated carbocycles. The molecule has 1 aromatic rings. The van der Waals surface area contributed by atoms with Gasteiger partial charge in [-0.25, -0.2) is 0 Å². The van der Waals surface area contributed by atoms with E-state index >= 15 is 0 Å². The van der Waals surface area contributed by atoms with Gasteiger partial charge in [0.15, 0.2) is 0 Å². The fourth-order valence-electron chi connectivity index (χ4n) is 3.36. The zero-order valence-corrected chi connectivity index (χ0v) is 16.7. The molecule has 26 heavy (non-hydrogen) atoms. The Bertz CT molecular complexity index is 505. The van der Waals surface area contributed by atoms with E-state index in [1.807, 2.05) is 12.1 Å². The summed E-state index contributed by atoms with van der Waals surface area (Å²) in [6.45, 7) is 2.27. The summed E-state index contributed by atoms with van der Waals surface area (Å²) in [6.07, 6.45) is 21.2. The topological polar surface area (TPSA) is 37.3 Å². The van der Waals surface area contributed by atoms with Crippen molar-refractivity contribution in [1.29, 1.82) is 0 Å². The van der Waals surface area contributed by atoms with Crippen LogP contribution in [0.2, 0.25) is 0 Å². The number of carbonyl (C=O) groups excluding carboxylic acids is 1. The van der Waals surface area contributed by atoms with Gasteiger partial charge in [0.25, 0.3) is 0 Å². The molecule has 0 spiro atoms. The molecule has 1 N–H and O–H groups in total. The molecule has 0 radical (unpaired) electrons. The van der Waals surface area contributed by atoms with Gasteiger partial charge in [-0.15, -0.1) is 0 Å². The molecule has 0 fully saturated rings. The van der Waals surface area contributed by atoms with Gasteiger partial charge in [-0.3, -0.25) is 4.79 Å². The van der Waals surface area contributed by atoms with E-state index < -0.39 is 0 Å². The Balaban J connectivity index is 2.00. The number of phenolic OH excluding ortho intramolecular Hbond substituents is 1. The quantitative estimate of drug-likeness (QED) is 0.189. The van der Waals surface area contributed by atoms with Crippen molar-refractivity contribution in [3.8, 4) is 5.75 Å². The summed E-state index contributed by atoms with van der Waals surface area (Å²) in [5, 5.41) is 9.83. The second-order valence-electron chi connectivity index (χ2n) is 7.33. The number of rotatable bonds is 16. The lowest BCUT2D eigenvalue weighted by atomic mass is 10.0. The van der Waals surface area contributed by atoms with E-state index in [9.17, 15) is 9.90 Å². The third kappa shape index (κ3) is 10.4. The number of benzene rings is 1. The molecule has 0 heterocycles. The average molecular weight is 359 g/mol. The van der Waals surface area contributed by atoms with Crippen LogP contribution in [0, 0.1) is 0 Å². The Kier molecular flexibility index (Phi) is 13.5. The van der Waals surface area contributed by atoms with Gasteiger partial charge in [-0.2, -0.15) is 0 Å². The predicted octanol–water partition coefficient (Wildman–Crippen LogP) is 7.46. The Hall–Kier alpha value is -1.57. The van der Waals surface area contributed by atoms with Crippen molar-refractivity contribution in [2.45, 2.75) is 96.8 Å². The van der Waals surface area contributed by atoms with Crippen molar-refractivity contribution >= 4 is 11.9 Å². The molecule has 2 heteroatoms. The van der Waals surface area contributed by atoms with Gasteiger partial charge in [-0.05, 0) is 18.9 Å². The zero-order chi connectivity index (χ0) is 18.9. The summed E-state index contributed by atoms with van der Waals surface area (Å²) >= 11 is 0. The van der Waals surface area contributed by atoms with Crippen LogP contribution in [0.25, 0.3) is 5.57 Å². The smallest absolute Gasteiger partial charge is 0.150 e. The fourth-order valence-corrected chi connectivity index (χ4v) is 3.36. The molecule has 1 aromatic carbocycles. The van der Waals surface area contributed by atoms with Gasteiger partial charge in [0.05, 0.1) is 0 Å². The van der Waals surface area contributed by atoms with Crippen LogP contribution >= 0.6 is 0 Å². The standard InChI is InChI=1S/C24H38O2/c1-2-3-4-5-6-7-8-9-10-11-12-13-14-15-18-22(21-25)23-19-16-17-20-24(23)26/h16-21,26H,2-15H2,1H3. The van der Waals surface area contributed by atoms with Crippen LogP contribution in [0.5, 0.6) is 5.75 Å². The SMILES string of the molecule is CCCCCCCCCCCCCCCC=C(C=O)c1ccccc1O. The fraction of sp³-hybridized carbons (Fsp3) is 0.625. The van der Waals surface area contributed by atoms with Crippen molar-refractivity contribution in [1.82, 2.24) is 0 Å². The molecule has 1 rings (SSSR count). The van der Waals surface area contributed by atoms with Crippen LogP contribution in [0.1, 0.15) is 102 Å². The lowest BCUT2D eigenvalue weighted by Gasteiger charge is -2.04. The Morgan fingerprint density at radius 1 is 0.808 bits per heavy atom. The van der Waals surface area contributed by atoms with Crippen LogP contribution in [0.3, 0.4) is 0 Å². The summed E-state index contributed by atoms with van der Waals surface area (Å²) in [4.78, 5) is 11.2. The molecular formula is C24H38O2. The van der Waals surface area contributed by atoms with E-state index in [0.29, 0.717) is 11.1 Å². The highest BCUT2D eigenvalue weighted by Gasteiger charge is 2.04. The van der Waals surface area contributed by atoms with Gasteiger partial charge >= 0.3 is 0 Å². The maximum Gasteiger partial charge on any atom is 0.150 e. The summed E-state index contributed by atoms with van der Waals surface area (Å²) in [6, 6.07) is 7.03. The van der Waals surface area contributed by atoms with E-state index in [1.54, 1.807) is 18.2 Å². The summed E-state index contributed by atoms with van der Waals surface area (Å²) in [5.41, 5.74) is 1.24. The number of phenols is 1. The first-order chi connectivity index (χ1) is 12.8. The van der Waals surface area contributed by atoms with Gasteiger partial charge in [0.2, 0.25) is 0 Å². The lowest BCUT2D eigenvalue weighted by Crippen LogP contribution is -1.87. The van der Waals surface area contributed by atoms with E-state index in [4.69, 9.17) is 0 Å². The maximum absolute atomic E-state index is 11.2. The first-order valence-corrected chi connectivity index (χ1v) is 10.7. The normalized spacial score (nSPS) is 11.7. The number of carbonyl (C=O) groups is 1. The lowest BCUT2D eigenvalue weighted by molar-refractivity contribution is -0.103. The Labute approximate surface area is 160 Å². The van der Waals surface area contributed by atoms with E-state index in [1.165, 1.54) is 77.0 Å². The Morgan fingerprint density at radius 3 is 1.81 bits per heavy atom. The molecule has 0 aliphatic heterocycles. The van der Waals surface area contributed by atoms with Crippen LogP contribution in [-0.2, 0) is 4.79 Å². The Morgan fingerprint density at radius 2 is 1.31 bits per heavy atom. The molecule has 0 aliphatic rings. The number of unbranched alkanes of at least 4 members (excludes halogenated alkanes) is 13. The highest BCUT2D eigenvalue weighted by atomic mass is 16.3. The van der Waals surface area contributed by atoms with E-state index in [2.05, 4.69) is 6.92 Å². The molecule has 0 aromatic heterocycles. The number of allylic oxidation sites excluding steroid dienone is 2. The second-order valence-corrected chi connectivity index (χ2v) is 7.33. The first-order valence-electron chi connectivity index (χ1n) is 10.7. The molecule has 0 amide bonds. The van der Waals surface area contributed by atoms with Gasteiger partial charge in [0.1, 0.15) is 12.0 Å². The van der Waals surface area contributed by atoms with Crippen molar-refractivity contribution in [3.05, 3.63) is 35.9 Å². The van der Waals surface area contributed by atoms with Crippen LogP contribution in [-0.4, -0.2) is 11.4 Å². The van der Waals surface area contributed by atoms with E-state index in [-0.39, 0.29) is 5.75 Å². The summed E-state index contributed by atoms with van der Waals surface area (Å²) in [7, 11) is 0. The third-order valence-electron chi connectivity index (χ3n) is 5.01. The molecule has 0 aliphatic carbocycles. The van der Waals surface area contributed by atoms with Gasteiger partial charge in [0, 0.05) is 11.1 Å². The van der Waals surface area contributed by atoms with Crippen molar-refractivity contribution in [2.24, 2.45) is 0 Å². The average Bonchev–Trinajstić information content (AvgIpc) is 2.66. The summed E-state index contributed by atoms with van der Waals surface area (Å²) < 4.78 is 0. The molecular weight excluding hydrogens is 320 g/mol. The zero-order valence-electron chi connectivity index (χ0n) is 16.7. The van der Waals surface area contributed by atoms with Crippen molar-refractivity contribution in [3.63, 3.8) is 0 Å². The monoisotopic (exact) mass is 358 g/mol. The minimum Gasteiger partial charge on any atom is -0.507 e. The largest absolute Gasteiger partial charge is 0.507 e. The minimum absolute atomic E-state index is 0.177. The number of para-hydroxylation sites is 1. The number of hydrogen-bond acceptors (Lipinski definition) is 2. The first kappa shape index (κ1) is 22.5. The number of hydrogen-bond donors (Lipinski definition) is 1. The van der Waals surface area contributed by atoms with Gasteiger partial charge in [-0.1, -0.05) is 108 Å². The van der Waals surface area contributed by atoms with Crippen LogP contribution in [0.4, 0.5) is 0 Å². The molecule has 0 bridgehead atoms. The van der Waals surface area contributed by atoms with Crippen molar-refractivity contribution < 1.29 is 9.90 Å². The van der Waals surface area contributed by atoms with E-state index in [0.717, 1.165) is 19.1 Å². The summed E-state index contributed by atoms with van der Waals surface area (Å²) in [5.74, 6) is 0.177. The maximum atomic E-state index is 11.2. The number of aromatic hydroxyl groups is 1. The van der Waals surface area contributed by atoms with Gasteiger partial charge < -0.3 is 5.11 Å². The third-order valence-corrected chi connectivity index (χ3v) is 5.01. The number of aldehydes is 1. The molecule has 0 saturated heterocycles. The highest BCUT2D eigenvalue weighted by Crippen LogP contribution is 2.24. The van der Waals surface area contributed by atoms with Crippen molar-refractivity contribution in [2.75, 3.05) is 0 Å². The molecule has 146 valence electrons. The molecule has 0 atom stereocenters. The van der Waals surface area contributed by atoms with Crippen LogP contribution in [0.15, 0.2) is 30.3 Å². The minimum atomic E-state index is 0.177. The molecule has 0 unspecified atom stereocenters. The second kappa shape index (κ2) is 15.7.